The van der Waals surface area contributed by atoms with Crippen LogP contribution in [0.1, 0.15) is 16.0 Å². The Bertz CT molecular complexity index is 930. The standard InChI is InChI=1S/C19H17PS4/c1-10-8-12(3)21-18(10)15-6-4-13(22-15)14-5-7-16(23-14)19-11(2)9-17(20)24-19/h4-9H,20H2,1-3H3. The zero-order valence-electron chi connectivity index (χ0n) is 13.7. The van der Waals surface area contributed by atoms with Crippen molar-refractivity contribution >= 4 is 59.2 Å². The lowest BCUT2D eigenvalue weighted by molar-refractivity contribution is 1.51. The van der Waals surface area contributed by atoms with Crippen LogP contribution in [0, 0.1) is 20.8 Å². The molecule has 0 aromatic carbocycles. The SMILES string of the molecule is Cc1cc(C)c(-c2ccc(-c3ccc(-c4sc(P)cc4C)s3)s2)s1. The van der Waals surface area contributed by atoms with Crippen molar-refractivity contribution in [3.8, 4) is 29.3 Å². The molecule has 1 atom stereocenters. The molecule has 0 nitrogen and oxygen atoms in total. The molecular formula is C19H17PS4. The highest BCUT2D eigenvalue weighted by molar-refractivity contribution is 7.45. The molecule has 0 aliphatic rings. The van der Waals surface area contributed by atoms with E-state index in [0.29, 0.717) is 0 Å². The molecule has 0 saturated heterocycles. The van der Waals surface area contributed by atoms with E-state index in [4.69, 9.17) is 0 Å². The van der Waals surface area contributed by atoms with E-state index in [9.17, 15) is 0 Å². The van der Waals surface area contributed by atoms with Gasteiger partial charge in [-0.2, -0.15) is 0 Å². The maximum atomic E-state index is 2.81. The van der Waals surface area contributed by atoms with Gasteiger partial charge in [0.25, 0.3) is 0 Å². The zero-order valence-corrected chi connectivity index (χ0v) is 18.1. The van der Waals surface area contributed by atoms with Crippen molar-refractivity contribution in [1.82, 2.24) is 0 Å². The highest BCUT2D eigenvalue weighted by atomic mass is 32.1. The molecule has 4 rings (SSSR count). The minimum absolute atomic E-state index is 1.31. The minimum atomic E-state index is 1.31. The van der Waals surface area contributed by atoms with Crippen LogP contribution in [-0.2, 0) is 0 Å². The van der Waals surface area contributed by atoms with Gasteiger partial charge in [0, 0.05) is 38.8 Å². The van der Waals surface area contributed by atoms with Gasteiger partial charge in [-0.1, -0.05) is 9.24 Å². The third kappa shape index (κ3) is 3.07. The van der Waals surface area contributed by atoms with Crippen LogP contribution in [0.3, 0.4) is 0 Å². The summed E-state index contributed by atoms with van der Waals surface area (Å²) in [6.07, 6.45) is 0. The lowest BCUT2D eigenvalue weighted by atomic mass is 10.2. The molecule has 4 heterocycles. The Kier molecular flexibility index (Phi) is 4.53. The molecule has 0 N–H and O–H groups in total. The van der Waals surface area contributed by atoms with Crippen LogP contribution < -0.4 is 4.62 Å². The van der Waals surface area contributed by atoms with E-state index in [1.165, 1.54) is 49.9 Å². The molecule has 122 valence electrons. The summed E-state index contributed by atoms with van der Waals surface area (Å²) in [5, 5.41) is 0. The molecule has 0 radical (unpaired) electrons. The first-order valence-corrected chi connectivity index (χ1v) is 11.5. The Morgan fingerprint density at radius 1 is 0.625 bits per heavy atom. The van der Waals surface area contributed by atoms with Gasteiger partial charge in [0.1, 0.15) is 0 Å². The molecule has 0 saturated carbocycles. The van der Waals surface area contributed by atoms with Crippen LogP contribution in [-0.4, -0.2) is 0 Å². The molecule has 5 heteroatoms. The third-order valence-electron chi connectivity index (χ3n) is 3.88. The first-order chi connectivity index (χ1) is 11.5. The van der Waals surface area contributed by atoms with Gasteiger partial charge in [-0.25, -0.2) is 0 Å². The quantitative estimate of drug-likeness (QED) is 0.313. The third-order valence-corrected chi connectivity index (χ3v) is 9.35. The summed E-state index contributed by atoms with van der Waals surface area (Å²) < 4.78 is 1.31. The normalized spacial score (nSPS) is 11.3. The lowest BCUT2D eigenvalue weighted by Gasteiger charge is -1.95. The molecule has 0 bridgehead atoms. The second-order valence-corrected chi connectivity index (χ2v) is 11.4. The fourth-order valence-electron chi connectivity index (χ4n) is 2.82. The topological polar surface area (TPSA) is 0 Å². The second-order valence-electron chi connectivity index (χ2n) is 5.86. The minimum Gasteiger partial charge on any atom is -0.139 e. The van der Waals surface area contributed by atoms with Gasteiger partial charge in [0.2, 0.25) is 0 Å². The zero-order chi connectivity index (χ0) is 16.8. The van der Waals surface area contributed by atoms with Crippen molar-refractivity contribution in [1.29, 1.82) is 0 Å². The fraction of sp³-hybridized carbons (Fsp3) is 0.158. The Hall–Kier alpha value is -0.770. The van der Waals surface area contributed by atoms with E-state index in [1.54, 1.807) is 0 Å². The van der Waals surface area contributed by atoms with Gasteiger partial charge in [-0.15, -0.1) is 45.3 Å². The molecular weight excluding hydrogens is 387 g/mol. The summed E-state index contributed by atoms with van der Waals surface area (Å²) in [6.45, 7) is 6.59. The van der Waals surface area contributed by atoms with Crippen molar-refractivity contribution in [3.05, 3.63) is 52.4 Å². The van der Waals surface area contributed by atoms with Gasteiger partial charge in [0.05, 0.1) is 0 Å². The van der Waals surface area contributed by atoms with Crippen molar-refractivity contribution in [2.75, 3.05) is 0 Å². The maximum absolute atomic E-state index is 2.81. The molecule has 0 spiro atoms. The number of thiophene rings is 4. The summed E-state index contributed by atoms with van der Waals surface area (Å²) in [6, 6.07) is 13.6. The van der Waals surface area contributed by atoms with Crippen molar-refractivity contribution in [2.24, 2.45) is 0 Å². The van der Waals surface area contributed by atoms with Crippen molar-refractivity contribution in [2.45, 2.75) is 20.8 Å². The van der Waals surface area contributed by atoms with E-state index in [2.05, 4.69) is 66.4 Å². The van der Waals surface area contributed by atoms with Crippen molar-refractivity contribution in [3.63, 3.8) is 0 Å². The average molecular weight is 405 g/mol. The van der Waals surface area contributed by atoms with Crippen molar-refractivity contribution < 1.29 is 0 Å². The average Bonchev–Trinajstić information content (AvgIpc) is 3.25. The smallest absolute Gasteiger partial charge is 0.0478 e. The Morgan fingerprint density at radius 3 is 1.58 bits per heavy atom. The molecule has 4 aromatic rings. The highest BCUT2D eigenvalue weighted by Crippen LogP contribution is 2.43. The lowest BCUT2D eigenvalue weighted by Crippen LogP contribution is -1.71. The summed E-state index contributed by atoms with van der Waals surface area (Å²) in [5.41, 5.74) is 2.76. The second kappa shape index (κ2) is 6.51. The fourth-order valence-corrected chi connectivity index (χ4v) is 7.84. The number of rotatable bonds is 3. The summed E-state index contributed by atoms with van der Waals surface area (Å²) in [5.74, 6) is 0. The number of hydrogen-bond donors (Lipinski definition) is 0. The van der Waals surface area contributed by atoms with Crippen LogP contribution in [0.25, 0.3) is 29.3 Å². The molecule has 0 fully saturated rings. The van der Waals surface area contributed by atoms with Crippen LogP contribution in [0.4, 0.5) is 0 Å². The molecule has 0 amide bonds. The van der Waals surface area contributed by atoms with Gasteiger partial charge in [-0.3, -0.25) is 0 Å². The Morgan fingerprint density at radius 2 is 1.12 bits per heavy atom. The van der Waals surface area contributed by atoms with E-state index in [1.807, 2.05) is 45.3 Å². The van der Waals surface area contributed by atoms with E-state index in [0.717, 1.165) is 0 Å². The van der Waals surface area contributed by atoms with Gasteiger partial charge in [0.15, 0.2) is 0 Å². The van der Waals surface area contributed by atoms with Crippen LogP contribution >= 0.6 is 54.6 Å². The van der Waals surface area contributed by atoms with Crippen LogP contribution in [0.2, 0.25) is 0 Å². The van der Waals surface area contributed by atoms with E-state index in [-0.39, 0.29) is 0 Å². The Balaban J connectivity index is 1.68. The predicted molar refractivity (Wildman–Crippen MR) is 118 cm³/mol. The first kappa shape index (κ1) is 16.7. The molecule has 24 heavy (non-hydrogen) atoms. The number of aryl methyl sites for hydroxylation is 3. The number of hydrogen-bond acceptors (Lipinski definition) is 4. The van der Waals surface area contributed by atoms with Gasteiger partial charge >= 0.3 is 0 Å². The monoisotopic (exact) mass is 404 g/mol. The van der Waals surface area contributed by atoms with E-state index >= 15 is 0 Å². The Labute approximate surface area is 161 Å². The van der Waals surface area contributed by atoms with Crippen LogP contribution in [0.5, 0.6) is 0 Å². The molecule has 1 unspecified atom stereocenters. The van der Waals surface area contributed by atoms with Gasteiger partial charge in [-0.05, 0) is 68.3 Å². The van der Waals surface area contributed by atoms with Crippen LogP contribution in [0.15, 0.2) is 36.4 Å². The molecule has 4 aromatic heterocycles. The summed E-state index contributed by atoms with van der Waals surface area (Å²) in [4.78, 5) is 9.70. The maximum Gasteiger partial charge on any atom is 0.0478 e. The van der Waals surface area contributed by atoms with Gasteiger partial charge < -0.3 is 0 Å². The largest absolute Gasteiger partial charge is 0.139 e. The first-order valence-electron chi connectivity index (χ1n) is 7.65. The summed E-state index contributed by atoms with van der Waals surface area (Å²) in [7, 11) is 2.81. The molecule has 0 aliphatic heterocycles. The summed E-state index contributed by atoms with van der Waals surface area (Å²) >= 11 is 7.56. The van der Waals surface area contributed by atoms with E-state index < -0.39 is 0 Å². The predicted octanol–water partition coefficient (Wildman–Crippen LogP) is 7.36. The highest BCUT2D eigenvalue weighted by Gasteiger charge is 2.13. The molecule has 0 aliphatic carbocycles.